The predicted octanol–water partition coefficient (Wildman–Crippen LogP) is 4.46. The summed E-state index contributed by atoms with van der Waals surface area (Å²) in [6, 6.07) is 20.8. The Balaban J connectivity index is 1.51. The molecule has 0 aliphatic carbocycles. The molecular weight excluding hydrogens is 397 g/mol. The van der Waals surface area contributed by atoms with Crippen molar-refractivity contribution in [1.82, 2.24) is 4.98 Å². The summed E-state index contributed by atoms with van der Waals surface area (Å²) < 4.78 is 19.8. The number of anilines is 1. The summed E-state index contributed by atoms with van der Waals surface area (Å²) in [5, 5.41) is 3.24. The van der Waals surface area contributed by atoms with Gasteiger partial charge in [0.25, 0.3) is 0 Å². The first-order valence-corrected chi connectivity index (χ1v) is 10.4. The van der Waals surface area contributed by atoms with Crippen LogP contribution in [0.1, 0.15) is 0 Å². The maximum atomic E-state index is 13.4. The summed E-state index contributed by atoms with van der Waals surface area (Å²) in [7, 11) is 1.67. The number of nitrogens with zero attached hydrogens (tertiary/aromatic N) is 3. The number of halogens is 1. The number of benzene rings is 2. The van der Waals surface area contributed by atoms with E-state index in [0.29, 0.717) is 12.4 Å². The highest BCUT2D eigenvalue weighted by Gasteiger charge is 2.13. The van der Waals surface area contributed by atoms with E-state index in [1.54, 1.807) is 24.5 Å². The van der Waals surface area contributed by atoms with E-state index in [1.165, 1.54) is 6.07 Å². The average molecular weight is 415 g/mol. The van der Waals surface area contributed by atoms with Gasteiger partial charge in [-0.3, -0.25) is 4.99 Å². The van der Waals surface area contributed by atoms with Gasteiger partial charge in [-0.2, -0.15) is 4.39 Å². The van der Waals surface area contributed by atoms with E-state index in [1.807, 2.05) is 54.6 Å². The van der Waals surface area contributed by atoms with Gasteiger partial charge in [0.2, 0.25) is 5.95 Å². The highest BCUT2D eigenvalue weighted by Crippen LogP contribution is 2.25. The maximum Gasteiger partial charge on any atom is 0.213 e. The Kier molecular flexibility index (Phi) is 4.77. The van der Waals surface area contributed by atoms with Crippen LogP contribution in [-0.2, 0) is 0 Å². The molecule has 30 heavy (non-hydrogen) atoms. The van der Waals surface area contributed by atoms with Crippen LogP contribution in [0.3, 0.4) is 0 Å². The van der Waals surface area contributed by atoms with Crippen molar-refractivity contribution < 1.29 is 9.13 Å². The molecule has 0 unspecified atom stereocenters. The summed E-state index contributed by atoms with van der Waals surface area (Å²) in [6.07, 6.45) is 2.14. The van der Waals surface area contributed by atoms with Crippen LogP contribution in [-0.4, -0.2) is 18.8 Å². The fourth-order valence-electron chi connectivity index (χ4n) is 3.50. The Morgan fingerprint density at radius 1 is 1.00 bits per heavy atom. The molecule has 148 valence electrons. The van der Waals surface area contributed by atoms with E-state index in [4.69, 9.17) is 9.73 Å². The van der Waals surface area contributed by atoms with E-state index in [-0.39, 0.29) is 0 Å². The van der Waals surface area contributed by atoms with Crippen LogP contribution in [0.2, 0.25) is 0 Å². The minimum Gasteiger partial charge on any atom is -0.497 e. The molecule has 4 aromatic rings. The first-order chi connectivity index (χ1) is 14.7. The maximum absolute atomic E-state index is 13.4. The van der Waals surface area contributed by atoms with Crippen LogP contribution in [0, 0.1) is 5.95 Å². The lowest BCUT2D eigenvalue weighted by molar-refractivity contribution is 0.415. The molecule has 0 amide bonds. The molecule has 0 saturated carbocycles. The first kappa shape index (κ1) is 18.5. The summed E-state index contributed by atoms with van der Waals surface area (Å²) in [5.41, 5.74) is 4.76. The zero-order chi connectivity index (χ0) is 20.5. The highest BCUT2D eigenvalue weighted by atomic mass is 32.1. The second-order valence-electron chi connectivity index (χ2n) is 6.89. The Morgan fingerprint density at radius 3 is 2.60 bits per heavy atom. The van der Waals surface area contributed by atoms with Gasteiger partial charge in [0, 0.05) is 39.7 Å². The van der Waals surface area contributed by atoms with E-state index in [2.05, 4.69) is 21.5 Å². The summed E-state index contributed by atoms with van der Waals surface area (Å²) in [4.78, 5) is 10.8. The van der Waals surface area contributed by atoms with Gasteiger partial charge in [0.05, 0.1) is 12.8 Å². The SMILES string of the molecule is COc1cccc(N2C=c3c(-c4ccc(-c5cccc(F)n5)cc4)csc3=NC2)c1. The Morgan fingerprint density at radius 2 is 1.80 bits per heavy atom. The number of thiophene rings is 1. The molecule has 2 aromatic carbocycles. The fourth-order valence-corrected chi connectivity index (χ4v) is 4.41. The number of rotatable bonds is 4. The minimum atomic E-state index is -0.475. The monoisotopic (exact) mass is 415 g/mol. The number of aromatic nitrogens is 1. The van der Waals surface area contributed by atoms with Gasteiger partial charge in [-0.15, -0.1) is 11.3 Å². The fraction of sp³-hybridized carbons (Fsp3) is 0.0833. The Hall–Kier alpha value is -3.51. The predicted molar refractivity (Wildman–Crippen MR) is 119 cm³/mol. The zero-order valence-corrected chi connectivity index (χ0v) is 17.1. The molecule has 2 aromatic heterocycles. The van der Waals surface area contributed by atoms with Crippen molar-refractivity contribution in [2.45, 2.75) is 0 Å². The van der Waals surface area contributed by atoms with Gasteiger partial charge < -0.3 is 9.64 Å². The van der Waals surface area contributed by atoms with Crippen molar-refractivity contribution in [2.24, 2.45) is 4.99 Å². The average Bonchev–Trinajstić information content (AvgIpc) is 3.22. The van der Waals surface area contributed by atoms with Crippen LogP contribution in [0.4, 0.5) is 10.1 Å². The van der Waals surface area contributed by atoms with Gasteiger partial charge in [-0.05, 0) is 29.8 Å². The van der Waals surface area contributed by atoms with E-state index < -0.39 is 5.95 Å². The molecular formula is C24H18FN3OS. The zero-order valence-electron chi connectivity index (χ0n) is 16.2. The lowest BCUT2D eigenvalue weighted by Crippen LogP contribution is -2.33. The van der Waals surface area contributed by atoms with Crippen molar-refractivity contribution in [3.8, 4) is 28.1 Å². The van der Waals surface area contributed by atoms with Crippen molar-refractivity contribution in [3.63, 3.8) is 0 Å². The third kappa shape index (κ3) is 3.46. The molecule has 0 radical (unpaired) electrons. The largest absolute Gasteiger partial charge is 0.497 e. The third-order valence-electron chi connectivity index (χ3n) is 5.05. The second kappa shape index (κ2) is 7.72. The number of methoxy groups -OCH3 is 1. The standard InChI is InChI=1S/C24H18FN3OS/c1-29-19-5-2-4-18(12-19)28-13-20-21(14-30-24(20)26-15-28)16-8-10-17(11-9-16)22-6-3-7-23(25)27-22/h2-14H,15H2,1H3. The van der Waals surface area contributed by atoms with Gasteiger partial charge in [0.1, 0.15) is 17.1 Å². The number of fused-ring (bicyclic) bond motifs is 1. The second-order valence-corrected chi connectivity index (χ2v) is 7.75. The van der Waals surface area contributed by atoms with Crippen LogP contribution in [0.25, 0.3) is 28.6 Å². The first-order valence-electron chi connectivity index (χ1n) is 9.49. The lowest BCUT2D eigenvalue weighted by Gasteiger charge is -2.20. The van der Waals surface area contributed by atoms with Crippen molar-refractivity contribution in [2.75, 3.05) is 18.7 Å². The van der Waals surface area contributed by atoms with E-state index in [0.717, 1.165) is 38.0 Å². The Labute approximate surface area is 177 Å². The molecule has 0 saturated heterocycles. The van der Waals surface area contributed by atoms with Crippen molar-refractivity contribution >= 4 is 23.2 Å². The lowest BCUT2D eigenvalue weighted by atomic mass is 10.0. The van der Waals surface area contributed by atoms with E-state index >= 15 is 0 Å². The summed E-state index contributed by atoms with van der Waals surface area (Å²) in [6.45, 7) is 0.574. The summed E-state index contributed by atoms with van der Waals surface area (Å²) >= 11 is 1.64. The molecule has 6 heteroatoms. The molecule has 3 heterocycles. The number of hydrogen-bond donors (Lipinski definition) is 0. The van der Waals surface area contributed by atoms with Crippen LogP contribution in [0.5, 0.6) is 5.75 Å². The third-order valence-corrected chi connectivity index (χ3v) is 5.98. The highest BCUT2D eigenvalue weighted by molar-refractivity contribution is 7.07. The molecule has 0 bridgehead atoms. The van der Waals surface area contributed by atoms with Gasteiger partial charge in [-0.1, -0.05) is 36.4 Å². The molecule has 0 N–H and O–H groups in total. The smallest absolute Gasteiger partial charge is 0.213 e. The van der Waals surface area contributed by atoms with Crippen molar-refractivity contribution in [1.29, 1.82) is 0 Å². The minimum absolute atomic E-state index is 0.475. The Bertz CT molecular complexity index is 1330. The molecule has 5 rings (SSSR count). The molecule has 0 fully saturated rings. The molecule has 4 nitrogen and oxygen atoms in total. The van der Waals surface area contributed by atoms with Gasteiger partial charge in [-0.25, -0.2) is 4.98 Å². The topological polar surface area (TPSA) is 37.7 Å². The van der Waals surface area contributed by atoms with E-state index in [9.17, 15) is 4.39 Å². The number of ether oxygens (including phenoxy) is 1. The van der Waals surface area contributed by atoms with Crippen LogP contribution < -0.4 is 19.5 Å². The molecule has 1 aliphatic rings. The van der Waals surface area contributed by atoms with Crippen LogP contribution >= 0.6 is 11.3 Å². The van der Waals surface area contributed by atoms with Crippen molar-refractivity contribution in [3.05, 3.63) is 87.9 Å². The quantitative estimate of drug-likeness (QED) is 0.462. The molecule has 0 spiro atoms. The molecule has 1 aliphatic heterocycles. The normalized spacial score (nSPS) is 12.7. The van der Waals surface area contributed by atoms with Gasteiger partial charge in [0.15, 0.2) is 0 Å². The molecule has 0 atom stereocenters. The number of pyridine rings is 1. The number of hydrogen-bond acceptors (Lipinski definition) is 5. The summed E-state index contributed by atoms with van der Waals surface area (Å²) in [5.74, 6) is 0.344. The van der Waals surface area contributed by atoms with Crippen LogP contribution in [0.15, 0.2) is 77.1 Å². The van der Waals surface area contributed by atoms with Gasteiger partial charge >= 0.3 is 0 Å².